The van der Waals surface area contributed by atoms with Gasteiger partial charge in [-0.05, 0) is 104 Å². The second kappa shape index (κ2) is 13.2. The van der Waals surface area contributed by atoms with Crippen molar-refractivity contribution >= 4 is 51.0 Å². The number of aromatic nitrogens is 1. The van der Waals surface area contributed by atoms with Crippen LogP contribution in [0.15, 0.2) is 121 Å². The molecule has 1 nitrogen and oxygen atoms in total. The van der Waals surface area contributed by atoms with E-state index in [9.17, 15) is 0 Å². The molecule has 0 radical (unpaired) electrons. The number of rotatable bonds is 3. The third-order valence-corrected chi connectivity index (χ3v) is 18.3. The molecule has 10 atom stereocenters. The summed E-state index contributed by atoms with van der Waals surface area (Å²) in [6.45, 7) is 0. The molecule has 3 heteroatoms. The lowest BCUT2D eigenvalue weighted by Crippen LogP contribution is -2.64. The Morgan fingerprint density at radius 1 is 0.692 bits per heavy atom. The van der Waals surface area contributed by atoms with E-state index in [1.807, 2.05) is 5.57 Å². The SMILES string of the molecule is C1=CCCC(n2c3ccccc3c3cccc(C4CC=CC5SC6C(C7CCCCC7)CC=CC6C6(C7=CC=CCC7SC7CCC=CC76)C54)c32)=C1. The molecule has 1 saturated carbocycles. The van der Waals surface area contributed by atoms with Crippen LogP contribution in [0.1, 0.15) is 88.5 Å². The van der Waals surface area contributed by atoms with Crippen LogP contribution in [0.25, 0.3) is 27.5 Å². The van der Waals surface area contributed by atoms with E-state index in [1.165, 1.54) is 85.3 Å². The zero-order valence-corrected chi connectivity index (χ0v) is 32.1. The zero-order valence-electron chi connectivity index (χ0n) is 30.5. The smallest absolute Gasteiger partial charge is 0.0572 e. The number of benzene rings is 2. The summed E-state index contributed by atoms with van der Waals surface area (Å²) < 4.78 is 2.70. The molecule has 6 aliphatic carbocycles. The number of hydrogen-bond donors (Lipinski definition) is 0. The minimum Gasteiger partial charge on any atom is -0.313 e. The summed E-state index contributed by atoms with van der Waals surface area (Å²) in [5, 5.41) is 5.39. The fourth-order valence-electron chi connectivity index (χ4n) is 13.1. The highest BCUT2D eigenvalue weighted by Gasteiger charge is 2.67. The first-order valence-electron chi connectivity index (χ1n) is 20.9. The van der Waals surface area contributed by atoms with Crippen molar-refractivity contribution in [3.05, 3.63) is 127 Å². The zero-order chi connectivity index (χ0) is 34.2. The number of fused-ring (bicyclic) bond motifs is 11. The molecule has 1 aromatic heterocycles. The molecule has 0 amide bonds. The molecule has 52 heavy (non-hydrogen) atoms. The van der Waals surface area contributed by atoms with Gasteiger partial charge in [-0.2, -0.15) is 0 Å². The monoisotopic (exact) mass is 719 g/mol. The summed E-state index contributed by atoms with van der Waals surface area (Å²) >= 11 is 4.81. The van der Waals surface area contributed by atoms with Gasteiger partial charge in [-0.15, -0.1) is 23.5 Å². The highest BCUT2D eigenvalue weighted by molar-refractivity contribution is 8.01. The molecular formula is C49H53NS2. The Labute approximate surface area is 319 Å². The van der Waals surface area contributed by atoms with Crippen molar-refractivity contribution in [2.75, 3.05) is 0 Å². The van der Waals surface area contributed by atoms with Crippen molar-refractivity contribution in [2.24, 2.45) is 35.0 Å². The number of thioether (sulfide) groups is 2. The molecule has 1 spiro atoms. The fraction of sp³-hybridized carbons (Fsp3) is 0.469. The van der Waals surface area contributed by atoms with Gasteiger partial charge in [0.25, 0.3) is 0 Å². The predicted octanol–water partition coefficient (Wildman–Crippen LogP) is 13.2. The average Bonchev–Trinajstić information content (AvgIpc) is 3.56. The number of nitrogens with zero attached hydrogens (tertiary/aromatic N) is 1. The van der Waals surface area contributed by atoms with Gasteiger partial charge in [-0.25, -0.2) is 0 Å². The molecule has 0 N–H and O–H groups in total. The van der Waals surface area contributed by atoms with Gasteiger partial charge in [0.05, 0.1) is 11.0 Å². The molecule has 0 bridgehead atoms. The lowest BCUT2D eigenvalue weighted by Gasteiger charge is -2.67. The Morgan fingerprint density at radius 3 is 2.48 bits per heavy atom. The van der Waals surface area contributed by atoms with Crippen molar-refractivity contribution in [1.82, 2.24) is 4.57 Å². The lowest BCUT2D eigenvalue weighted by atomic mass is 9.46. The van der Waals surface area contributed by atoms with Crippen LogP contribution in [-0.4, -0.2) is 25.6 Å². The van der Waals surface area contributed by atoms with Crippen molar-refractivity contribution < 1.29 is 0 Å². The minimum atomic E-state index is 0.119. The van der Waals surface area contributed by atoms with Gasteiger partial charge in [-0.3, -0.25) is 0 Å². The van der Waals surface area contributed by atoms with Crippen LogP contribution in [0.3, 0.4) is 0 Å². The minimum absolute atomic E-state index is 0.119. The summed E-state index contributed by atoms with van der Waals surface area (Å²) in [6, 6.07) is 16.7. The molecule has 11 rings (SSSR count). The van der Waals surface area contributed by atoms with Crippen LogP contribution in [0.5, 0.6) is 0 Å². The number of para-hydroxylation sites is 2. The largest absolute Gasteiger partial charge is 0.313 e. The maximum atomic E-state index is 2.82. The molecule has 266 valence electrons. The normalized spacial score (nSPS) is 38.1. The highest BCUT2D eigenvalue weighted by Crippen LogP contribution is 2.72. The average molecular weight is 720 g/mol. The van der Waals surface area contributed by atoms with Crippen LogP contribution in [0.2, 0.25) is 0 Å². The third-order valence-electron chi connectivity index (χ3n) is 15.0. The molecule has 10 unspecified atom stereocenters. The molecule has 2 saturated heterocycles. The first-order valence-corrected chi connectivity index (χ1v) is 22.8. The summed E-state index contributed by atoms with van der Waals surface area (Å²) in [4.78, 5) is 0. The Hall–Kier alpha value is -2.88. The van der Waals surface area contributed by atoms with Gasteiger partial charge in [0.1, 0.15) is 0 Å². The first kappa shape index (κ1) is 32.5. The molecule has 3 aromatic rings. The van der Waals surface area contributed by atoms with E-state index in [1.54, 1.807) is 5.56 Å². The van der Waals surface area contributed by atoms with Gasteiger partial charge < -0.3 is 4.57 Å². The maximum Gasteiger partial charge on any atom is 0.0572 e. The van der Waals surface area contributed by atoms with Crippen molar-refractivity contribution in [1.29, 1.82) is 0 Å². The molecule has 3 fully saturated rings. The van der Waals surface area contributed by atoms with Crippen LogP contribution >= 0.6 is 23.5 Å². The topological polar surface area (TPSA) is 4.93 Å². The maximum absolute atomic E-state index is 2.82. The Morgan fingerprint density at radius 2 is 1.56 bits per heavy atom. The van der Waals surface area contributed by atoms with Crippen LogP contribution in [0, 0.1) is 35.0 Å². The fourth-order valence-corrected chi connectivity index (χ4v) is 17.1. The summed E-state index contributed by atoms with van der Waals surface area (Å²) in [5.74, 6) is 3.88. The third kappa shape index (κ3) is 4.83. The van der Waals surface area contributed by atoms with Gasteiger partial charge in [0.15, 0.2) is 0 Å². The second-order valence-corrected chi connectivity index (χ2v) is 20.1. The lowest BCUT2D eigenvalue weighted by molar-refractivity contribution is 0.0275. The number of allylic oxidation sites excluding steroid dienone is 12. The van der Waals surface area contributed by atoms with Crippen molar-refractivity contribution in [2.45, 2.75) is 104 Å². The Balaban J connectivity index is 1.17. The number of hydrogen-bond acceptors (Lipinski definition) is 2. The molecule has 2 aliphatic heterocycles. The van der Waals surface area contributed by atoms with E-state index < -0.39 is 0 Å². The Bertz CT molecular complexity index is 2100. The second-order valence-electron chi connectivity index (χ2n) is 17.2. The van der Waals surface area contributed by atoms with Gasteiger partial charge in [0.2, 0.25) is 0 Å². The summed E-state index contributed by atoms with van der Waals surface area (Å²) in [5.41, 5.74) is 7.85. The van der Waals surface area contributed by atoms with E-state index >= 15 is 0 Å². The van der Waals surface area contributed by atoms with Crippen LogP contribution < -0.4 is 0 Å². The summed E-state index contributed by atoms with van der Waals surface area (Å²) in [6.07, 6.45) is 46.6. The van der Waals surface area contributed by atoms with E-state index in [0.717, 1.165) is 31.1 Å². The van der Waals surface area contributed by atoms with Gasteiger partial charge in [0, 0.05) is 42.9 Å². The quantitative estimate of drug-likeness (QED) is 0.248. The molecule has 8 aliphatic rings. The molecule has 2 aromatic carbocycles. The standard InChI is InChI=1S/C49H53NS2/c1-3-16-32(17-4-1)34-21-14-27-41-48(34)52-45-31-15-22-36(46(45)49(41)39-25-8-11-29-43(39)51-44-30-12-9-26-40(44)49)38-24-13-23-37-35-20-7-10-28-42(35)50(47(37)38)33-18-5-2-6-19-33/h2,5,7-11,13-15,18,20,23-28,31-32,34,36,40-41,43-46,48H,1,3-4,6,12,16-17,19,21-22,29-30H2. The predicted molar refractivity (Wildman–Crippen MR) is 226 cm³/mol. The van der Waals surface area contributed by atoms with Gasteiger partial charge >= 0.3 is 0 Å². The highest BCUT2D eigenvalue weighted by atomic mass is 32.2. The Kier molecular flexibility index (Phi) is 8.23. The van der Waals surface area contributed by atoms with E-state index in [2.05, 4.69) is 143 Å². The molecular weight excluding hydrogens is 667 g/mol. The van der Waals surface area contributed by atoms with Crippen molar-refractivity contribution in [3.8, 4) is 0 Å². The van der Waals surface area contributed by atoms with Crippen molar-refractivity contribution in [3.63, 3.8) is 0 Å². The van der Waals surface area contributed by atoms with Gasteiger partial charge in [-0.1, -0.05) is 135 Å². The van der Waals surface area contributed by atoms with Crippen LogP contribution in [-0.2, 0) is 0 Å². The van der Waals surface area contributed by atoms with E-state index in [4.69, 9.17) is 0 Å². The first-order chi connectivity index (χ1) is 25.8. The van der Waals surface area contributed by atoms with Crippen LogP contribution in [0.4, 0.5) is 0 Å². The summed E-state index contributed by atoms with van der Waals surface area (Å²) in [7, 11) is 0. The van der Waals surface area contributed by atoms with E-state index in [0.29, 0.717) is 44.7 Å². The molecule has 3 heterocycles. The van der Waals surface area contributed by atoms with E-state index in [-0.39, 0.29) is 5.41 Å².